The van der Waals surface area contributed by atoms with Crippen LogP contribution in [-0.2, 0) is 4.79 Å². The molecular weight excluding hydrogens is 320 g/mol. The van der Waals surface area contributed by atoms with Crippen molar-refractivity contribution in [2.24, 2.45) is 40.4 Å². The van der Waals surface area contributed by atoms with Gasteiger partial charge in [0.25, 0.3) is 0 Å². The van der Waals surface area contributed by atoms with Gasteiger partial charge in [-0.25, -0.2) is 0 Å². The maximum absolute atomic E-state index is 12.2. The molecule has 4 aliphatic rings. The van der Waals surface area contributed by atoms with Crippen LogP contribution < -0.4 is 0 Å². The molecule has 4 saturated carbocycles. The minimum Gasteiger partial charge on any atom is -0.389 e. The molecule has 0 aliphatic heterocycles. The minimum absolute atomic E-state index is 0.245. The molecule has 0 aromatic carbocycles. The van der Waals surface area contributed by atoms with Crippen molar-refractivity contribution in [2.45, 2.75) is 90.6 Å². The van der Waals surface area contributed by atoms with Crippen LogP contribution in [0.3, 0.4) is 0 Å². The van der Waals surface area contributed by atoms with Crippen LogP contribution in [0.2, 0.25) is 0 Å². The molecule has 0 heterocycles. The van der Waals surface area contributed by atoms with Gasteiger partial charge in [-0.15, -0.1) is 12.3 Å². The van der Waals surface area contributed by atoms with E-state index in [9.17, 15) is 9.90 Å². The van der Waals surface area contributed by atoms with E-state index >= 15 is 0 Å². The molecule has 0 aromatic rings. The molecular formula is C24H36O2. The summed E-state index contributed by atoms with van der Waals surface area (Å²) in [6, 6.07) is 0. The van der Waals surface area contributed by atoms with Crippen molar-refractivity contribution in [1.29, 1.82) is 0 Å². The zero-order valence-electron chi connectivity index (χ0n) is 16.9. The highest BCUT2D eigenvalue weighted by molar-refractivity contribution is 5.79. The van der Waals surface area contributed by atoms with Crippen molar-refractivity contribution in [1.82, 2.24) is 0 Å². The standard InChI is InChI=1S/C24H36O2/c1-5-11-24(26)14-13-22(3)17(15-24)6-7-18-20-9-8-19(16(2)25)23(20,4)12-10-21(18)22/h1,17-21,26H,6-15H2,2-4H3/t17-,18?,19-,20?,21?,22+,23-,24-/m1/s1. The number of carbonyl (C=O) groups is 1. The summed E-state index contributed by atoms with van der Waals surface area (Å²) < 4.78 is 0. The predicted molar refractivity (Wildman–Crippen MR) is 104 cm³/mol. The zero-order chi connectivity index (χ0) is 18.7. The van der Waals surface area contributed by atoms with Crippen molar-refractivity contribution in [3.63, 3.8) is 0 Å². The van der Waals surface area contributed by atoms with Crippen LogP contribution in [0.1, 0.15) is 85.0 Å². The normalized spacial score (nSPS) is 53.1. The molecule has 0 bridgehead atoms. The van der Waals surface area contributed by atoms with E-state index in [0.29, 0.717) is 29.5 Å². The number of fused-ring (bicyclic) bond motifs is 5. The molecule has 0 aromatic heterocycles. The first kappa shape index (κ1) is 18.5. The topological polar surface area (TPSA) is 37.3 Å². The van der Waals surface area contributed by atoms with Gasteiger partial charge in [0.2, 0.25) is 0 Å². The van der Waals surface area contributed by atoms with E-state index < -0.39 is 5.60 Å². The smallest absolute Gasteiger partial charge is 0.133 e. The number of terminal acetylenes is 1. The average Bonchev–Trinajstić information content (AvgIpc) is 2.93. The summed E-state index contributed by atoms with van der Waals surface area (Å²) in [7, 11) is 0. The lowest BCUT2D eigenvalue weighted by Gasteiger charge is -2.62. The molecule has 0 amide bonds. The summed E-state index contributed by atoms with van der Waals surface area (Å²) in [5.41, 5.74) is -0.0174. The van der Waals surface area contributed by atoms with E-state index in [2.05, 4.69) is 19.8 Å². The van der Waals surface area contributed by atoms with Crippen LogP contribution in [0.5, 0.6) is 0 Å². The Hall–Kier alpha value is -0.810. The number of aliphatic hydroxyl groups is 1. The second-order valence-corrected chi connectivity index (χ2v) is 10.8. The molecule has 26 heavy (non-hydrogen) atoms. The molecule has 4 fully saturated rings. The first-order valence-electron chi connectivity index (χ1n) is 10.9. The number of ketones is 1. The van der Waals surface area contributed by atoms with Gasteiger partial charge in [-0.1, -0.05) is 13.8 Å². The maximum atomic E-state index is 12.2. The van der Waals surface area contributed by atoms with Crippen molar-refractivity contribution in [2.75, 3.05) is 0 Å². The van der Waals surface area contributed by atoms with Crippen LogP contribution in [0.15, 0.2) is 0 Å². The minimum atomic E-state index is -0.623. The van der Waals surface area contributed by atoms with Crippen molar-refractivity contribution < 1.29 is 9.90 Å². The van der Waals surface area contributed by atoms with Gasteiger partial charge in [0.15, 0.2) is 0 Å². The molecule has 0 radical (unpaired) electrons. The van der Waals surface area contributed by atoms with Crippen LogP contribution in [0.4, 0.5) is 0 Å². The number of Topliss-reactive ketones (excluding diaryl/α,β-unsaturated/α-hetero) is 1. The Kier molecular flexibility index (Phi) is 4.35. The number of carbonyl (C=O) groups excluding carboxylic acids is 1. The lowest BCUT2D eigenvalue weighted by Crippen LogP contribution is -2.56. The summed E-state index contributed by atoms with van der Waals surface area (Å²) in [4.78, 5) is 12.2. The van der Waals surface area contributed by atoms with Crippen LogP contribution in [-0.4, -0.2) is 16.5 Å². The third-order valence-electron chi connectivity index (χ3n) is 9.74. The Morgan fingerprint density at radius 3 is 2.46 bits per heavy atom. The van der Waals surface area contributed by atoms with E-state index in [-0.39, 0.29) is 5.41 Å². The molecule has 3 unspecified atom stereocenters. The third-order valence-corrected chi connectivity index (χ3v) is 9.74. The second kappa shape index (κ2) is 6.10. The fourth-order valence-corrected chi connectivity index (χ4v) is 8.34. The van der Waals surface area contributed by atoms with E-state index in [4.69, 9.17) is 6.42 Å². The first-order valence-corrected chi connectivity index (χ1v) is 10.9. The Labute approximate surface area is 159 Å². The van der Waals surface area contributed by atoms with E-state index in [1.54, 1.807) is 0 Å². The van der Waals surface area contributed by atoms with Crippen molar-refractivity contribution >= 4 is 5.78 Å². The van der Waals surface area contributed by atoms with Gasteiger partial charge in [0, 0.05) is 12.3 Å². The van der Waals surface area contributed by atoms with Gasteiger partial charge in [-0.3, -0.25) is 4.79 Å². The number of rotatable bonds is 2. The van der Waals surface area contributed by atoms with E-state index in [1.165, 1.54) is 32.1 Å². The van der Waals surface area contributed by atoms with Gasteiger partial charge in [0.1, 0.15) is 5.78 Å². The zero-order valence-corrected chi connectivity index (χ0v) is 16.9. The Morgan fingerprint density at radius 1 is 1.04 bits per heavy atom. The van der Waals surface area contributed by atoms with Crippen molar-refractivity contribution in [3.05, 3.63) is 0 Å². The van der Waals surface area contributed by atoms with Crippen molar-refractivity contribution in [3.8, 4) is 12.3 Å². The SMILES string of the molecule is C#CC[C@@]1(O)CC[C@]2(C)C3CC[C@@]4(C)C(CC[C@@H]4C(C)=O)C3CC[C@@H]2C1. The lowest BCUT2D eigenvalue weighted by molar-refractivity contribution is -0.152. The van der Waals surface area contributed by atoms with Gasteiger partial charge in [-0.05, 0) is 99.2 Å². The monoisotopic (exact) mass is 356 g/mol. The number of hydrogen-bond acceptors (Lipinski definition) is 2. The fourth-order valence-electron chi connectivity index (χ4n) is 8.34. The van der Waals surface area contributed by atoms with Gasteiger partial charge >= 0.3 is 0 Å². The highest BCUT2D eigenvalue weighted by atomic mass is 16.3. The highest BCUT2D eigenvalue weighted by Crippen LogP contribution is 2.68. The third kappa shape index (κ3) is 2.53. The quantitative estimate of drug-likeness (QED) is 0.708. The molecule has 2 heteroatoms. The molecule has 4 rings (SSSR count). The average molecular weight is 357 g/mol. The Bertz CT molecular complexity index is 633. The Balaban J connectivity index is 1.58. The molecule has 2 nitrogen and oxygen atoms in total. The van der Waals surface area contributed by atoms with Crippen LogP contribution >= 0.6 is 0 Å². The summed E-state index contributed by atoms with van der Waals surface area (Å²) in [6.07, 6.45) is 16.3. The highest BCUT2D eigenvalue weighted by Gasteiger charge is 2.61. The van der Waals surface area contributed by atoms with Gasteiger partial charge in [-0.2, -0.15) is 0 Å². The Morgan fingerprint density at radius 2 is 1.77 bits per heavy atom. The van der Waals surface area contributed by atoms with Gasteiger partial charge < -0.3 is 5.11 Å². The number of hydrogen-bond donors (Lipinski definition) is 1. The molecule has 144 valence electrons. The second-order valence-electron chi connectivity index (χ2n) is 10.8. The predicted octanol–water partition coefficient (Wildman–Crippen LogP) is 4.99. The largest absolute Gasteiger partial charge is 0.389 e. The lowest BCUT2D eigenvalue weighted by atomic mass is 9.43. The van der Waals surface area contributed by atoms with E-state index in [0.717, 1.165) is 43.4 Å². The van der Waals surface area contributed by atoms with Crippen LogP contribution in [0, 0.1) is 52.8 Å². The maximum Gasteiger partial charge on any atom is 0.133 e. The summed E-state index contributed by atoms with van der Waals surface area (Å²) >= 11 is 0. The summed E-state index contributed by atoms with van der Waals surface area (Å²) in [5.74, 6) is 6.35. The van der Waals surface area contributed by atoms with Crippen LogP contribution in [0.25, 0.3) is 0 Å². The van der Waals surface area contributed by atoms with E-state index in [1.807, 2.05) is 6.92 Å². The summed E-state index contributed by atoms with van der Waals surface area (Å²) in [6.45, 7) is 6.76. The molecule has 4 aliphatic carbocycles. The molecule has 8 atom stereocenters. The first-order chi connectivity index (χ1) is 12.2. The molecule has 1 N–H and O–H groups in total. The summed E-state index contributed by atoms with van der Waals surface area (Å²) in [5, 5.41) is 10.9. The van der Waals surface area contributed by atoms with Gasteiger partial charge in [0.05, 0.1) is 5.60 Å². The molecule has 0 saturated heterocycles. The fraction of sp³-hybridized carbons (Fsp3) is 0.875. The molecule has 0 spiro atoms.